The van der Waals surface area contributed by atoms with Crippen LogP contribution in [0.4, 0.5) is 0 Å². The summed E-state index contributed by atoms with van der Waals surface area (Å²) in [5.41, 5.74) is 0. The minimum Gasteiger partial charge on any atom is -0.477 e. The van der Waals surface area contributed by atoms with Gasteiger partial charge in [-0.25, -0.2) is 4.79 Å². The van der Waals surface area contributed by atoms with Crippen molar-refractivity contribution in [3.05, 3.63) is 170 Å². The molecular weight excluding hydrogens is 1010 g/mol. The van der Waals surface area contributed by atoms with Crippen molar-refractivity contribution in [2.75, 3.05) is 47.5 Å². The average molecular weight is 1120 g/mol. The third kappa shape index (κ3) is 62.1. The van der Waals surface area contributed by atoms with Crippen LogP contribution in [0.3, 0.4) is 0 Å². The van der Waals surface area contributed by atoms with Crippen LogP contribution in [0.2, 0.25) is 0 Å². The molecule has 0 aliphatic rings. The van der Waals surface area contributed by atoms with Gasteiger partial charge in [-0.15, -0.1) is 0 Å². The quantitative estimate of drug-likeness (QED) is 0.0211. The lowest BCUT2D eigenvalue weighted by atomic mass is 10.1. The number of hydrogen-bond donors (Lipinski definition) is 1. The summed E-state index contributed by atoms with van der Waals surface area (Å²) in [6.45, 7) is 4.65. The number of likely N-dealkylation sites (N-methyl/N-ethyl adjacent to an activating group) is 1. The number of quaternary nitrogens is 1. The molecule has 0 bridgehead atoms. The van der Waals surface area contributed by atoms with E-state index in [1.807, 2.05) is 21.1 Å². The Kier molecular flexibility index (Phi) is 56.7. The number of unbranched alkanes of at least 4 members (excludes halogenated alkanes) is 12. The summed E-state index contributed by atoms with van der Waals surface area (Å²) in [7, 11) is 5.94. The molecule has 0 amide bonds. The molecule has 0 aliphatic heterocycles. The van der Waals surface area contributed by atoms with Crippen LogP contribution in [0.1, 0.15) is 206 Å². The van der Waals surface area contributed by atoms with E-state index in [9.17, 15) is 19.5 Å². The second-order valence-electron chi connectivity index (χ2n) is 21.3. The highest BCUT2D eigenvalue weighted by molar-refractivity contribution is 5.71. The SMILES string of the molecule is CC/C=C\C/C=C\C/C=C\C/C=C\C/C=C\C/C=C\C/C=C\C/C=C\C/C=C\C/C=C\C/C=C\CCCCCC(=O)OC(COC(=O)CCCCCCCC/C=C\C/C=C\C/C=C\CCCCC)COC(OCC[N+](C)(C)C)C(=O)O. The third-order valence-electron chi connectivity index (χ3n) is 12.5. The zero-order valence-electron chi connectivity index (χ0n) is 51.6. The van der Waals surface area contributed by atoms with E-state index in [2.05, 4.69) is 184 Å². The maximum atomic E-state index is 12.9. The zero-order valence-corrected chi connectivity index (χ0v) is 51.6. The first-order valence-electron chi connectivity index (χ1n) is 31.3. The molecule has 0 spiro atoms. The monoisotopic (exact) mass is 1120 g/mol. The minimum absolute atomic E-state index is 0.168. The fraction of sp³-hybridized carbons (Fsp3) is 0.569. The number of hydrogen-bond acceptors (Lipinski definition) is 7. The van der Waals surface area contributed by atoms with E-state index in [1.54, 1.807) is 0 Å². The van der Waals surface area contributed by atoms with Gasteiger partial charge < -0.3 is 28.5 Å². The molecule has 0 rings (SSSR count). The van der Waals surface area contributed by atoms with Gasteiger partial charge in [-0.1, -0.05) is 229 Å². The molecule has 0 saturated carbocycles. The van der Waals surface area contributed by atoms with Crippen LogP contribution in [-0.4, -0.2) is 87.4 Å². The Bertz CT molecular complexity index is 1930. The fourth-order valence-corrected chi connectivity index (χ4v) is 7.67. The minimum atomic E-state index is -1.53. The van der Waals surface area contributed by atoms with Gasteiger partial charge >= 0.3 is 17.9 Å². The average Bonchev–Trinajstić information content (AvgIpc) is 3.44. The largest absolute Gasteiger partial charge is 0.477 e. The highest BCUT2D eigenvalue weighted by Gasteiger charge is 2.25. The van der Waals surface area contributed by atoms with Crippen molar-refractivity contribution in [2.24, 2.45) is 0 Å². The number of nitrogens with zero attached hydrogens (tertiary/aromatic N) is 1. The molecule has 0 aliphatic carbocycles. The number of aliphatic carboxylic acids is 1. The number of carbonyl (C=O) groups excluding carboxylic acids is 2. The van der Waals surface area contributed by atoms with Crippen LogP contribution in [0, 0.1) is 0 Å². The van der Waals surface area contributed by atoms with Crippen LogP contribution in [0.15, 0.2) is 170 Å². The second-order valence-corrected chi connectivity index (χ2v) is 21.3. The molecule has 9 nitrogen and oxygen atoms in total. The van der Waals surface area contributed by atoms with Gasteiger partial charge in [-0.3, -0.25) is 9.59 Å². The second kappa shape index (κ2) is 60.7. The Morgan fingerprint density at radius 1 is 0.383 bits per heavy atom. The predicted octanol–water partition coefficient (Wildman–Crippen LogP) is 19.1. The maximum absolute atomic E-state index is 12.9. The number of ether oxygens (including phenoxy) is 4. The zero-order chi connectivity index (χ0) is 59.1. The Morgan fingerprint density at radius 2 is 0.704 bits per heavy atom. The van der Waals surface area contributed by atoms with Gasteiger partial charge in [-0.2, -0.15) is 0 Å². The molecule has 2 atom stereocenters. The van der Waals surface area contributed by atoms with Crippen molar-refractivity contribution in [3.8, 4) is 0 Å². The van der Waals surface area contributed by atoms with E-state index >= 15 is 0 Å². The lowest BCUT2D eigenvalue weighted by molar-refractivity contribution is -0.870. The number of carboxylic acid groups (broad SMARTS) is 1. The Hall–Kier alpha value is -5.35. The van der Waals surface area contributed by atoms with E-state index in [-0.39, 0.29) is 38.6 Å². The predicted molar refractivity (Wildman–Crippen MR) is 345 cm³/mol. The lowest BCUT2D eigenvalue weighted by Crippen LogP contribution is -2.40. The fourth-order valence-electron chi connectivity index (χ4n) is 7.67. The molecule has 0 aromatic heterocycles. The molecule has 454 valence electrons. The lowest BCUT2D eigenvalue weighted by Gasteiger charge is -2.25. The summed E-state index contributed by atoms with van der Waals surface area (Å²) in [6, 6.07) is 0. The number of esters is 2. The number of allylic oxidation sites excluding steroid dienone is 28. The van der Waals surface area contributed by atoms with Crippen LogP contribution in [0.5, 0.6) is 0 Å². The molecule has 0 heterocycles. The van der Waals surface area contributed by atoms with Crippen molar-refractivity contribution >= 4 is 17.9 Å². The van der Waals surface area contributed by atoms with Gasteiger partial charge in [0.1, 0.15) is 13.2 Å². The first kappa shape index (κ1) is 75.7. The van der Waals surface area contributed by atoms with Crippen molar-refractivity contribution in [1.29, 1.82) is 0 Å². The molecule has 1 N–H and O–H groups in total. The molecule has 0 radical (unpaired) electrons. The van der Waals surface area contributed by atoms with E-state index in [1.165, 1.54) is 25.7 Å². The molecule has 9 heteroatoms. The highest BCUT2D eigenvalue weighted by atomic mass is 16.7. The summed E-state index contributed by atoms with van der Waals surface area (Å²) >= 11 is 0. The molecule has 2 unspecified atom stereocenters. The summed E-state index contributed by atoms with van der Waals surface area (Å²) in [5, 5.41) is 9.71. The van der Waals surface area contributed by atoms with E-state index < -0.39 is 24.3 Å². The van der Waals surface area contributed by atoms with Crippen LogP contribution >= 0.6 is 0 Å². The summed E-state index contributed by atoms with van der Waals surface area (Å²) in [6.07, 6.45) is 88.7. The smallest absolute Gasteiger partial charge is 0.361 e. The normalized spacial score (nSPS) is 13.9. The van der Waals surface area contributed by atoms with Crippen molar-refractivity contribution in [1.82, 2.24) is 0 Å². The number of rotatable bonds is 55. The van der Waals surface area contributed by atoms with Gasteiger partial charge in [0.05, 0.1) is 34.4 Å². The standard InChI is InChI=1S/C72H113NO8/c1-6-8-10-12-14-16-18-20-22-24-26-27-28-29-30-31-32-33-34-35-36-37-38-39-40-41-42-43-45-47-49-51-53-55-57-59-61-63-70(75)81-68(67-80-72(71(76)77)78-65-64-73(3,4)5)66-79-69(74)62-60-58-56-54-52-50-48-46-44-25-23-21-19-17-15-13-11-9-7-2/h8,10,14-17,20-23,26-27,29-30,32-33,35-36,38-39,41-42,44-47,51,53,68,72H,6-7,9,11-13,18-19,24-25,28,31,34,37,40,43,48-50,52,54-67H2,1-5H3/p+1/b10-8-,16-14-,17-15-,22-20-,23-21-,27-26-,30-29-,33-32-,36-35-,39-38-,42-41-,46-44-,47-45-,53-51-. The summed E-state index contributed by atoms with van der Waals surface area (Å²) in [5.74, 6) is -2.09. The first-order valence-corrected chi connectivity index (χ1v) is 31.3. The van der Waals surface area contributed by atoms with Crippen LogP contribution in [-0.2, 0) is 33.3 Å². The molecule has 81 heavy (non-hydrogen) atoms. The molecule has 0 aromatic carbocycles. The summed E-state index contributed by atoms with van der Waals surface area (Å²) in [4.78, 5) is 37.5. The molecule has 0 aromatic rings. The van der Waals surface area contributed by atoms with Gasteiger partial charge in [0.2, 0.25) is 0 Å². The molecule has 0 saturated heterocycles. The van der Waals surface area contributed by atoms with E-state index in [4.69, 9.17) is 18.9 Å². The molecule has 0 fully saturated rings. The van der Waals surface area contributed by atoms with Crippen LogP contribution in [0.25, 0.3) is 0 Å². The van der Waals surface area contributed by atoms with Crippen molar-refractivity contribution in [2.45, 2.75) is 219 Å². The summed E-state index contributed by atoms with van der Waals surface area (Å²) < 4.78 is 22.8. The van der Waals surface area contributed by atoms with Gasteiger partial charge in [0.25, 0.3) is 6.29 Å². The van der Waals surface area contributed by atoms with E-state index in [0.717, 1.165) is 148 Å². The number of carbonyl (C=O) groups is 3. The highest BCUT2D eigenvalue weighted by Crippen LogP contribution is 2.13. The van der Waals surface area contributed by atoms with Crippen molar-refractivity contribution in [3.63, 3.8) is 0 Å². The van der Waals surface area contributed by atoms with E-state index in [0.29, 0.717) is 17.4 Å². The first-order chi connectivity index (χ1) is 39.6. The van der Waals surface area contributed by atoms with Crippen molar-refractivity contribution < 1.29 is 42.9 Å². The Morgan fingerprint density at radius 3 is 1.06 bits per heavy atom. The molecular formula is C72H114NO8+. The third-order valence-corrected chi connectivity index (χ3v) is 12.5. The van der Waals surface area contributed by atoms with Crippen LogP contribution < -0.4 is 0 Å². The van der Waals surface area contributed by atoms with Gasteiger partial charge in [0.15, 0.2) is 6.10 Å². The Balaban J connectivity index is 4.34. The Labute approximate surface area is 495 Å². The van der Waals surface area contributed by atoms with Gasteiger partial charge in [-0.05, 0) is 135 Å². The van der Waals surface area contributed by atoms with Gasteiger partial charge in [0, 0.05) is 12.8 Å². The maximum Gasteiger partial charge on any atom is 0.361 e. The topological polar surface area (TPSA) is 108 Å². The number of carboxylic acids is 1.